The van der Waals surface area contributed by atoms with Crippen LogP contribution in [0.15, 0.2) is 18.2 Å². The Labute approximate surface area is 201 Å². The number of hydrogen-bond acceptors (Lipinski definition) is 7. The largest absolute Gasteiger partial charge is 0.616 e. The molecule has 1 aliphatic rings. The molecule has 0 saturated heterocycles. The van der Waals surface area contributed by atoms with E-state index in [4.69, 9.17) is 15.2 Å². The molecule has 2 rings (SSSR count). The van der Waals surface area contributed by atoms with E-state index >= 15 is 0 Å². The van der Waals surface area contributed by atoms with Crippen molar-refractivity contribution in [1.82, 2.24) is 0 Å². The molecule has 2 unspecified atom stereocenters. The lowest BCUT2D eigenvalue weighted by molar-refractivity contribution is -0.142. The summed E-state index contributed by atoms with van der Waals surface area (Å²) in [5.41, 5.74) is 6.60. The highest BCUT2D eigenvalue weighted by molar-refractivity contribution is 7.98. The number of fused-ring (bicyclic) bond motifs is 1. The van der Waals surface area contributed by atoms with Crippen molar-refractivity contribution in [2.45, 2.75) is 76.5 Å². The summed E-state index contributed by atoms with van der Waals surface area (Å²) in [7, 11) is 1.35. The molecular weight excluding hydrogens is 446 g/mol. The Morgan fingerprint density at radius 2 is 1.91 bits per heavy atom. The van der Waals surface area contributed by atoms with Gasteiger partial charge in [-0.05, 0) is 55.9 Å². The van der Waals surface area contributed by atoms with Gasteiger partial charge in [0.1, 0.15) is 17.0 Å². The van der Waals surface area contributed by atoms with Gasteiger partial charge in [-0.15, -0.1) is 0 Å². The highest BCUT2D eigenvalue weighted by atomic mass is 32.2. The zero-order valence-electron chi connectivity index (χ0n) is 20.1. The van der Waals surface area contributed by atoms with Gasteiger partial charge >= 0.3 is 5.97 Å². The fourth-order valence-corrected chi connectivity index (χ4v) is 4.99. The minimum Gasteiger partial charge on any atom is -0.616 e. The quantitative estimate of drug-likeness (QED) is 0.231. The van der Waals surface area contributed by atoms with Crippen LogP contribution in [-0.2, 0) is 27.1 Å². The Bertz CT molecular complexity index is 647. The molecular formula is C24H41NO5S2. The topological polar surface area (TPSA) is 93.8 Å². The summed E-state index contributed by atoms with van der Waals surface area (Å²) in [5.74, 6) is 3.03. The second-order valence-corrected chi connectivity index (χ2v) is 10.9. The Hall–Kier alpha value is -1.09. The molecule has 0 radical (unpaired) electrons. The van der Waals surface area contributed by atoms with E-state index in [9.17, 15) is 9.35 Å². The highest BCUT2D eigenvalue weighted by Crippen LogP contribution is 2.33. The minimum absolute atomic E-state index is 0.191. The van der Waals surface area contributed by atoms with Crippen LogP contribution in [0.2, 0.25) is 0 Å². The molecule has 0 aromatic heterocycles. The molecule has 0 fully saturated rings. The lowest BCUT2D eigenvalue weighted by Gasteiger charge is -2.18. The molecule has 184 valence electrons. The van der Waals surface area contributed by atoms with Crippen molar-refractivity contribution in [3.63, 3.8) is 0 Å². The van der Waals surface area contributed by atoms with E-state index in [0.717, 1.165) is 35.8 Å². The van der Waals surface area contributed by atoms with Crippen molar-refractivity contribution >= 4 is 28.9 Å². The third kappa shape index (κ3) is 11.7. The summed E-state index contributed by atoms with van der Waals surface area (Å²) < 4.78 is 27.5. The molecule has 2 N–H and O–H groups in total. The van der Waals surface area contributed by atoms with E-state index in [0.29, 0.717) is 13.2 Å². The van der Waals surface area contributed by atoms with Crippen LogP contribution >= 0.6 is 11.8 Å². The SMILES string of the molecule is CCCCCCCC[S+]([O-])C(C)Cc1ccc2c(c1)OCO2.COC(=O)[C@@H](N)CCSC. The monoisotopic (exact) mass is 487 g/mol. The zero-order chi connectivity index (χ0) is 23.8. The first-order valence-electron chi connectivity index (χ1n) is 11.5. The molecule has 1 heterocycles. The lowest BCUT2D eigenvalue weighted by atomic mass is 10.1. The molecule has 32 heavy (non-hydrogen) atoms. The molecule has 0 spiro atoms. The van der Waals surface area contributed by atoms with Crippen LogP contribution in [0, 0.1) is 0 Å². The first kappa shape index (κ1) is 28.9. The van der Waals surface area contributed by atoms with Gasteiger partial charge in [-0.1, -0.05) is 49.8 Å². The van der Waals surface area contributed by atoms with Gasteiger partial charge in [-0.25, -0.2) is 0 Å². The number of hydrogen-bond donors (Lipinski definition) is 1. The summed E-state index contributed by atoms with van der Waals surface area (Å²) in [5, 5.41) is 0.191. The number of rotatable bonds is 14. The number of carbonyl (C=O) groups is 1. The summed E-state index contributed by atoms with van der Waals surface area (Å²) in [6.07, 6.45) is 11.0. The number of nitrogens with two attached hydrogens (primary N) is 1. The molecule has 1 aromatic carbocycles. The average molecular weight is 488 g/mol. The van der Waals surface area contributed by atoms with Crippen LogP contribution in [0.1, 0.15) is 64.4 Å². The van der Waals surface area contributed by atoms with E-state index in [1.54, 1.807) is 11.8 Å². The molecule has 1 aliphatic heterocycles. The smallest absolute Gasteiger partial charge is 0.322 e. The maximum absolute atomic E-state index is 12.3. The number of methoxy groups -OCH3 is 1. The third-order valence-corrected chi connectivity index (χ3v) is 7.64. The third-order valence-electron chi connectivity index (χ3n) is 5.24. The summed E-state index contributed by atoms with van der Waals surface area (Å²) >= 11 is 0.927. The average Bonchev–Trinajstić information content (AvgIpc) is 3.27. The van der Waals surface area contributed by atoms with Crippen molar-refractivity contribution in [2.75, 3.05) is 31.7 Å². The zero-order valence-corrected chi connectivity index (χ0v) is 21.7. The minimum atomic E-state index is -0.743. The summed E-state index contributed by atoms with van der Waals surface area (Å²) in [6, 6.07) is 5.56. The van der Waals surface area contributed by atoms with Crippen molar-refractivity contribution < 1.29 is 23.6 Å². The van der Waals surface area contributed by atoms with E-state index in [2.05, 4.69) is 18.6 Å². The Morgan fingerprint density at radius 3 is 2.59 bits per heavy atom. The summed E-state index contributed by atoms with van der Waals surface area (Å²) in [4.78, 5) is 10.7. The van der Waals surface area contributed by atoms with Crippen LogP contribution in [0.5, 0.6) is 11.5 Å². The first-order chi connectivity index (χ1) is 15.4. The van der Waals surface area contributed by atoms with Gasteiger partial charge in [0.15, 0.2) is 11.5 Å². The normalized spacial score (nSPS) is 14.8. The Morgan fingerprint density at radius 1 is 1.22 bits per heavy atom. The van der Waals surface area contributed by atoms with E-state index in [1.807, 2.05) is 24.5 Å². The van der Waals surface area contributed by atoms with Crippen LogP contribution in [0.3, 0.4) is 0 Å². The predicted octanol–water partition coefficient (Wildman–Crippen LogP) is 4.70. The van der Waals surface area contributed by atoms with Crippen LogP contribution in [0.25, 0.3) is 0 Å². The number of thioether (sulfide) groups is 1. The fourth-order valence-electron chi connectivity index (χ4n) is 3.23. The van der Waals surface area contributed by atoms with Gasteiger partial charge in [-0.2, -0.15) is 11.8 Å². The van der Waals surface area contributed by atoms with E-state index in [-0.39, 0.29) is 11.2 Å². The molecule has 3 atom stereocenters. The molecule has 0 bridgehead atoms. The number of benzene rings is 1. The highest BCUT2D eigenvalue weighted by Gasteiger charge is 2.19. The van der Waals surface area contributed by atoms with Crippen LogP contribution in [0.4, 0.5) is 0 Å². The Kier molecular flexibility index (Phi) is 15.7. The molecule has 0 amide bonds. The second kappa shape index (κ2) is 17.4. The molecule has 1 aromatic rings. The number of unbranched alkanes of at least 4 members (excludes halogenated alkanes) is 5. The van der Waals surface area contributed by atoms with Gasteiger partial charge in [0.25, 0.3) is 0 Å². The van der Waals surface area contributed by atoms with Crippen molar-refractivity contribution in [3.05, 3.63) is 23.8 Å². The second-order valence-electron chi connectivity index (χ2n) is 7.97. The molecule has 8 heteroatoms. The number of carbonyl (C=O) groups excluding carboxylic acids is 1. The van der Waals surface area contributed by atoms with Crippen molar-refractivity contribution in [3.8, 4) is 11.5 Å². The number of esters is 1. The maximum Gasteiger partial charge on any atom is 0.322 e. The van der Waals surface area contributed by atoms with E-state index in [1.165, 1.54) is 44.8 Å². The standard InChI is InChI=1S/C18H28O3S.C6H13NO2S/c1-3-4-5-6-7-8-11-22(19)15(2)12-16-9-10-17-18(13-16)21-14-20-17;1-9-6(8)5(7)3-4-10-2/h9-10,13,15H,3-8,11-12,14H2,1-2H3;5H,3-4,7H2,1-2H3/t;5-/m.0/s1. The van der Waals surface area contributed by atoms with Gasteiger partial charge in [0.05, 0.1) is 7.11 Å². The van der Waals surface area contributed by atoms with Crippen LogP contribution in [-0.4, -0.2) is 53.5 Å². The van der Waals surface area contributed by atoms with Gasteiger partial charge < -0.3 is 24.5 Å². The van der Waals surface area contributed by atoms with E-state index < -0.39 is 17.2 Å². The van der Waals surface area contributed by atoms with Crippen LogP contribution < -0.4 is 15.2 Å². The molecule has 6 nitrogen and oxygen atoms in total. The Balaban J connectivity index is 0.000000433. The fraction of sp³-hybridized carbons (Fsp3) is 0.708. The first-order valence-corrected chi connectivity index (χ1v) is 14.3. The van der Waals surface area contributed by atoms with Gasteiger partial charge in [0, 0.05) is 6.42 Å². The van der Waals surface area contributed by atoms with Gasteiger partial charge in [-0.3, -0.25) is 4.79 Å². The van der Waals surface area contributed by atoms with Gasteiger partial charge in [0.2, 0.25) is 6.79 Å². The maximum atomic E-state index is 12.3. The van der Waals surface area contributed by atoms with Crippen molar-refractivity contribution in [2.24, 2.45) is 5.73 Å². The van der Waals surface area contributed by atoms with Crippen molar-refractivity contribution in [1.29, 1.82) is 0 Å². The predicted molar refractivity (Wildman–Crippen MR) is 135 cm³/mol. The summed E-state index contributed by atoms with van der Waals surface area (Å²) in [6.45, 7) is 4.61. The molecule has 0 aliphatic carbocycles. The lowest BCUT2D eigenvalue weighted by Crippen LogP contribution is -2.31. The molecule has 0 saturated carbocycles. The number of ether oxygens (including phenoxy) is 3.